The second-order valence-corrected chi connectivity index (χ2v) is 9.69. The first-order valence-electron chi connectivity index (χ1n) is 12.6. The average molecular weight is 507 g/mol. The van der Waals surface area contributed by atoms with Crippen molar-refractivity contribution in [1.29, 1.82) is 0 Å². The molecule has 1 N–H and O–H groups in total. The number of urea groups is 1. The molecule has 2 fully saturated rings. The van der Waals surface area contributed by atoms with Crippen LogP contribution in [0, 0.1) is 17.6 Å². The van der Waals surface area contributed by atoms with E-state index < -0.39 is 11.6 Å². The Labute approximate surface area is 212 Å². The number of rotatable bonds is 4. The molecule has 3 aromatic heterocycles. The Kier molecular flexibility index (Phi) is 6.23. The number of nitrogens with zero attached hydrogens (tertiary/aromatic N) is 5. The fraction of sp³-hybridized carbons (Fsp3) is 0.370. The molecular formula is C27H28F2N6O2. The topological polar surface area (TPSA) is 77.6 Å². The first kappa shape index (κ1) is 23.4. The number of piperazine rings is 1. The summed E-state index contributed by atoms with van der Waals surface area (Å²) in [4.78, 5) is 31.5. The second kappa shape index (κ2) is 9.84. The lowest BCUT2D eigenvalue weighted by atomic mass is 9.99. The highest BCUT2D eigenvalue weighted by Gasteiger charge is 2.30. The fourth-order valence-corrected chi connectivity index (χ4v) is 5.42. The van der Waals surface area contributed by atoms with Gasteiger partial charge >= 0.3 is 6.03 Å². The van der Waals surface area contributed by atoms with Gasteiger partial charge in [0.05, 0.1) is 18.3 Å². The lowest BCUT2D eigenvalue weighted by Gasteiger charge is -2.41. The summed E-state index contributed by atoms with van der Waals surface area (Å²) < 4.78 is 32.7. The summed E-state index contributed by atoms with van der Waals surface area (Å²) in [5, 5.41) is 2.12. The Bertz CT molecular complexity index is 1440. The number of hydrogen-bond acceptors (Lipinski definition) is 5. The van der Waals surface area contributed by atoms with Gasteiger partial charge in [0.2, 0.25) is 0 Å². The molecule has 0 bridgehead atoms. The second-order valence-electron chi connectivity index (χ2n) is 9.69. The number of piperidine rings is 1. The zero-order valence-electron chi connectivity index (χ0n) is 20.4. The number of amides is 2. The molecule has 2 saturated heterocycles. The van der Waals surface area contributed by atoms with Crippen LogP contribution in [0.5, 0.6) is 5.75 Å². The summed E-state index contributed by atoms with van der Waals surface area (Å²) in [7, 11) is 0. The maximum atomic E-state index is 13.9. The van der Waals surface area contributed by atoms with Gasteiger partial charge in [-0.1, -0.05) is 0 Å². The van der Waals surface area contributed by atoms with Crippen LogP contribution in [0.2, 0.25) is 0 Å². The van der Waals surface area contributed by atoms with Crippen molar-refractivity contribution >= 4 is 33.7 Å². The van der Waals surface area contributed by atoms with Crippen LogP contribution in [0.4, 0.5) is 19.3 Å². The molecule has 1 atom stereocenters. The zero-order chi connectivity index (χ0) is 25.4. The molecule has 0 radical (unpaired) electrons. The smallest absolute Gasteiger partial charge is 0.320 e. The fourth-order valence-electron chi connectivity index (χ4n) is 5.42. The number of carbonyl (C=O) groups is 1. The highest BCUT2D eigenvalue weighted by molar-refractivity contribution is 6.10. The summed E-state index contributed by atoms with van der Waals surface area (Å²) in [6.45, 7) is 4.28. The van der Waals surface area contributed by atoms with E-state index in [1.807, 2.05) is 28.3 Å². The maximum Gasteiger partial charge on any atom is 0.320 e. The van der Waals surface area contributed by atoms with Crippen LogP contribution in [0.25, 0.3) is 21.9 Å². The summed E-state index contributed by atoms with van der Waals surface area (Å²) in [5.74, 6) is -1.20. The van der Waals surface area contributed by atoms with E-state index in [0.29, 0.717) is 26.2 Å². The van der Waals surface area contributed by atoms with E-state index in [2.05, 4.69) is 25.9 Å². The molecule has 0 spiro atoms. The van der Waals surface area contributed by atoms with Crippen molar-refractivity contribution in [2.75, 3.05) is 50.8 Å². The standard InChI is InChI=1S/C27H28F2N6O2/c28-19-3-4-24(21(29)14-19)37-17-18-2-1-9-35(16-18)27(36)34-12-10-33(11-13-34)23-6-8-30-22-15-32-26-20(25(22)23)5-7-31-26/h3-8,14-15,18,30H,1-2,9-13,16-17H2. The monoisotopic (exact) mass is 506 g/mol. The summed E-state index contributed by atoms with van der Waals surface area (Å²) in [6.07, 6.45) is 7.29. The third-order valence-corrected chi connectivity index (χ3v) is 7.32. The number of halogens is 2. The van der Waals surface area contributed by atoms with Crippen molar-refractivity contribution in [2.45, 2.75) is 12.8 Å². The number of H-pyrrole nitrogens is 1. The largest absolute Gasteiger partial charge is 0.490 e. The molecule has 2 amide bonds. The lowest BCUT2D eigenvalue weighted by molar-refractivity contribution is 0.109. The minimum atomic E-state index is -0.711. The van der Waals surface area contributed by atoms with Gasteiger partial charge in [-0.05, 0) is 37.1 Å². The summed E-state index contributed by atoms with van der Waals surface area (Å²) in [6, 6.07) is 7.41. The maximum absolute atomic E-state index is 13.9. The third kappa shape index (κ3) is 4.63. The Balaban J connectivity index is 1.08. The number of anilines is 1. The summed E-state index contributed by atoms with van der Waals surface area (Å²) >= 11 is 0. The van der Waals surface area contributed by atoms with E-state index in [-0.39, 0.29) is 24.3 Å². The molecular weight excluding hydrogens is 478 g/mol. The van der Waals surface area contributed by atoms with Crippen LogP contribution < -0.4 is 9.64 Å². The van der Waals surface area contributed by atoms with Crippen LogP contribution in [0.1, 0.15) is 12.8 Å². The number of nitrogens with one attached hydrogen (secondary N) is 1. The number of carbonyl (C=O) groups excluding carboxylic acids is 1. The predicted octanol–water partition coefficient (Wildman–Crippen LogP) is 4.42. The molecule has 1 aromatic carbocycles. The molecule has 2 aliphatic heterocycles. The number of benzene rings is 1. The Morgan fingerprint density at radius 1 is 1.05 bits per heavy atom. The van der Waals surface area contributed by atoms with Crippen molar-refractivity contribution in [3.8, 4) is 5.75 Å². The molecule has 6 rings (SSSR count). The number of likely N-dealkylation sites (tertiary alicyclic amines) is 1. The predicted molar refractivity (Wildman–Crippen MR) is 137 cm³/mol. The van der Waals surface area contributed by atoms with Gasteiger partial charge in [-0.15, -0.1) is 0 Å². The number of fused-ring (bicyclic) bond motifs is 3. The Morgan fingerprint density at radius 3 is 2.76 bits per heavy atom. The van der Waals surface area contributed by atoms with Gasteiger partial charge in [0.1, 0.15) is 5.82 Å². The molecule has 2 aliphatic rings. The van der Waals surface area contributed by atoms with Gasteiger partial charge < -0.3 is 24.4 Å². The Hall–Kier alpha value is -3.95. The number of pyridine rings is 2. The first-order valence-corrected chi connectivity index (χ1v) is 12.6. The van der Waals surface area contributed by atoms with Gasteiger partial charge in [0.15, 0.2) is 17.2 Å². The first-order chi connectivity index (χ1) is 18.1. The van der Waals surface area contributed by atoms with Crippen molar-refractivity contribution in [1.82, 2.24) is 24.8 Å². The molecule has 1 unspecified atom stereocenters. The van der Waals surface area contributed by atoms with E-state index in [1.165, 1.54) is 12.1 Å². The van der Waals surface area contributed by atoms with Crippen LogP contribution in [-0.2, 0) is 0 Å². The number of aromatic amines is 1. The molecule has 37 heavy (non-hydrogen) atoms. The molecule has 8 nitrogen and oxygen atoms in total. The quantitative estimate of drug-likeness (QED) is 0.443. The van der Waals surface area contributed by atoms with E-state index in [4.69, 9.17) is 4.74 Å². The molecule has 0 aliphatic carbocycles. The van der Waals surface area contributed by atoms with Crippen molar-refractivity contribution in [3.63, 3.8) is 0 Å². The molecule has 0 saturated carbocycles. The van der Waals surface area contributed by atoms with Gasteiger partial charge in [0.25, 0.3) is 0 Å². The minimum Gasteiger partial charge on any atom is -0.490 e. The number of aromatic nitrogens is 3. The van der Waals surface area contributed by atoms with Crippen molar-refractivity contribution in [3.05, 3.63) is 60.6 Å². The van der Waals surface area contributed by atoms with Crippen LogP contribution in [0.3, 0.4) is 0 Å². The van der Waals surface area contributed by atoms with Gasteiger partial charge in [-0.25, -0.2) is 23.5 Å². The highest BCUT2D eigenvalue weighted by Crippen LogP contribution is 2.32. The SMILES string of the molecule is O=C(N1CCN(c2cc[nH]c3cnc4nccc4c23)CC1)N1CCCC(COc2ccc(F)cc2F)C1. The van der Waals surface area contributed by atoms with Gasteiger partial charge in [-0.2, -0.15) is 0 Å². The average Bonchev–Trinajstić information content (AvgIpc) is 3.41. The third-order valence-electron chi connectivity index (χ3n) is 7.32. The van der Waals surface area contributed by atoms with Crippen molar-refractivity contribution < 1.29 is 18.3 Å². The van der Waals surface area contributed by atoms with Crippen molar-refractivity contribution in [2.24, 2.45) is 5.92 Å². The Morgan fingerprint density at radius 2 is 1.92 bits per heavy atom. The van der Waals surface area contributed by atoms with Gasteiger partial charge in [0, 0.05) is 80.1 Å². The van der Waals surface area contributed by atoms with E-state index in [9.17, 15) is 13.6 Å². The molecule has 192 valence electrons. The molecule has 4 aromatic rings. The van der Waals surface area contributed by atoms with E-state index in [0.717, 1.165) is 59.6 Å². The zero-order valence-corrected chi connectivity index (χ0v) is 20.4. The lowest BCUT2D eigenvalue weighted by Crippen LogP contribution is -2.54. The van der Waals surface area contributed by atoms with E-state index in [1.54, 1.807) is 6.20 Å². The highest BCUT2D eigenvalue weighted by atomic mass is 19.1. The van der Waals surface area contributed by atoms with Crippen LogP contribution in [0.15, 0.2) is 48.9 Å². The number of hydrogen-bond donors (Lipinski definition) is 1. The summed E-state index contributed by atoms with van der Waals surface area (Å²) in [5.41, 5.74) is 2.80. The molecule has 5 heterocycles. The normalized spacial score (nSPS) is 18.5. The minimum absolute atomic E-state index is 0.0374. The molecule has 10 heteroatoms. The van der Waals surface area contributed by atoms with Crippen LogP contribution in [-0.4, -0.2) is 76.7 Å². The number of ether oxygens (including phenoxy) is 1. The van der Waals surface area contributed by atoms with Crippen LogP contribution >= 0.6 is 0 Å². The van der Waals surface area contributed by atoms with E-state index >= 15 is 0 Å². The van der Waals surface area contributed by atoms with Gasteiger partial charge in [-0.3, -0.25) is 0 Å².